The van der Waals surface area contributed by atoms with E-state index in [1.807, 2.05) is 0 Å². The molecule has 0 bridgehead atoms. The molecule has 6 heteroatoms. The number of rotatable bonds is 8. The van der Waals surface area contributed by atoms with Crippen LogP contribution in [0.3, 0.4) is 0 Å². The Balaban J connectivity index is 2.13. The number of hydrogen-bond donors (Lipinski definition) is 1. The summed E-state index contributed by atoms with van der Waals surface area (Å²) in [4.78, 5) is 25.3. The van der Waals surface area contributed by atoms with Gasteiger partial charge in [0.25, 0.3) is 5.91 Å². The minimum absolute atomic E-state index is 0.0247. The second-order valence-electron chi connectivity index (χ2n) is 5.33. The average molecular weight is 307 g/mol. The largest absolute Gasteiger partial charge is 0.491 e. The van der Waals surface area contributed by atoms with Crippen LogP contribution in [-0.4, -0.2) is 54.3 Å². The summed E-state index contributed by atoms with van der Waals surface area (Å²) in [5, 5.41) is 9.19. The molecule has 0 heterocycles. The van der Waals surface area contributed by atoms with Gasteiger partial charge < -0.3 is 19.5 Å². The molecule has 0 radical (unpaired) electrons. The number of benzene rings is 1. The van der Waals surface area contributed by atoms with E-state index in [-0.39, 0.29) is 11.9 Å². The molecule has 0 spiro atoms. The number of carbonyl (C=O) groups is 2. The minimum atomic E-state index is -0.993. The third kappa shape index (κ3) is 3.98. The first kappa shape index (κ1) is 16.3. The maximum Gasteiger partial charge on any atom is 0.326 e. The van der Waals surface area contributed by atoms with E-state index in [1.54, 1.807) is 31.4 Å². The maximum absolute atomic E-state index is 12.6. The summed E-state index contributed by atoms with van der Waals surface area (Å²) in [5.74, 6) is -0.691. The van der Waals surface area contributed by atoms with Crippen LogP contribution in [0.15, 0.2) is 24.3 Å². The van der Waals surface area contributed by atoms with Crippen molar-refractivity contribution >= 4 is 11.9 Å². The Morgan fingerprint density at radius 1 is 1.36 bits per heavy atom. The molecule has 1 unspecified atom stereocenters. The molecular formula is C16H21NO5. The van der Waals surface area contributed by atoms with Crippen molar-refractivity contribution in [2.45, 2.75) is 31.8 Å². The lowest BCUT2D eigenvalue weighted by Gasteiger charge is -2.26. The molecule has 1 atom stereocenters. The normalized spacial score (nSPS) is 15.2. The smallest absolute Gasteiger partial charge is 0.326 e. The number of aliphatic carboxylic acids is 1. The zero-order valence-corrected chi connectivity index (χ0v) is 12.8. The quantitative estimate of drug-likeness (QED) is 0.741. The van der Waals surface area contributed by atoms with Crippen molar-refractivity contribution in [3.8, 4) is 5.75 Å². The second kappa shape index (κ2) is 7.26. The van der Waals surface area contributed by atoms with Crippen LogP contribution in [0.1, 0.15) is 30.1 Å². The van der Waals surface area contributed by atoms with Crippen LogP contribution in [0.4, 0.5) is 0 Å². The van der Waals surface area contributed by atoms with E-state index in [9.17, 15) is 14.7 Å². The van der Waals surface area contributed by atoms with E-state index in [2.05, 4.69) is 0 Å². The predicted molar refractivity (Wildman–Crippen MR) is 80.1 cm³/mol. The fourth-order valence-corrected chi connectivity index (χ4v) is 2.24. The Bertz CT molecular complexity index is 541. The Hall–Kier alpha value is -2.08. The number of carbonyl (C=O) groups excluding carboxylic acids is 1. The number of nitrogens with zero attached hydrogens (tertiary/aromatic N) is 1. The van der Waals surface area contributed by atoms with Crippen LogP contribution in [0.2, 0.25) is 0 Å². The molecule has 1 aromatic carbocycles. The van der Waals surface area contributed by atoms with Crippen molar-refractivity contribution in [3.05, 3.63) is 29.8 Å². The summed E-state index contributed by atoms with van der Waals surface area (Å²) in [6.45, 7) is 2.39. The molecule has 22 heavy (non-hydrogen) atoms. The lowest BCUT2D eigenvalue weighted by molar-refractivity contribution is -0.141. The molecule has 1 N–H and O–H groups in total. The van der Waals surface area contributed by atoms with Gasteiger partial charge in [0.1, 0.15) is 18.4 Å². The van der Waals surface area contributed by atoms with E-state index in [4.69, 9.17) is 9.47 Å². The van der Waals surface area contributed by atoms with E-state index in [0.717, 1.165) is 12.8 Å². The van der Waals surface area contributed by atoms with Crippen molar-refractivity contribution < 1.29 is 24.2 Å². The summed E-state index contributed by atoms with van der Waals surface area (Å²) in [6.07, 6.45) is 1.71. The van der Waals surface area contributed by atoms with Crippen LogP contribution in [0, 0.1) is 0 Å². The van der Waals surface area contributed by atoms with Gasteiger partial charge in [-0.2, -0.15) is 0 Å². The molecule has 0 aliphatic heterocycles. The SMILES string of the molecule is COCCOc1cccc(C(=O)N(C2CC2)C(C)C(=O)O)c1. The Kier molecular flexibility index (Phi) is 5.38. The van der Waals surface area contributed by atoms with Gasteiger partial charge in [-0.05, 0) is 38.0 Å². The first-order chi connectivity index (χ1) is 10.5. The third-order valence-corrected chi connectivity index (χ3v) is 3.59. The highest BCUT2D eigenvalue weighted by Crippen LogP contribution is 2.30. The Labute approximate surface area is 129 Å². The van der Waals surface area contributed by atoms with Gasteiger partial charge in [0.05, 0.1) is 6.61 Å². The Morgan fingerprint density at radius 2 is 2.09 bits per heavy atom. The predicted octanol–water partition coefficient (Wildman–Crippen LogP) is 1.79. The lowest BCUT2D eigenvalue weighted by atomic mass is 10.1. The second-order valence-corrected chi connectivity index (χ2v) is 5.33. The molecular weight excluding hydrogens is 286 g/mol. The van der Waals surface area contributed by atoms with Crippen LogP contribution < -0.4 is 4.74 Å². The third-order valence-electron chi connectivity index (χ3n) is 3.59. The molecule has 1 aromatic rings. The molecule has 1 fully saturated rings. The van der Waals surface area contributed by atoms with Crippen molar-refractivity contribution in [3.63, 3.8) is 0 Å². The zero-order chi connectivity index (χ0) is 16.1. The average Bonchev–Trinajstić information content (AvgIpc) is 3.32. The highest BCUT2D eigenvalue weighted by molar-refractivity contribution is 5.97. The van der Waals surface area contributed by atoms with E-state index in [1.165, 1.54) is 11.8 Å². The molecule has 2 rings (SSSR count). The highest BCUT2D eigenvalue weighted by Gasteiger charge is 2.38. The fourth-order valence-electron chi connectivity index (χ4n) is 2.24. The number of hydrogen-bond acceptors (Lipinski definition) is 4. The van der Waals surface area contributed by atoms with Crippen LogP contribution >= 0.6 is 0 Å². The molecule has 1 aliphatic rings. The molecule has 6 nitrogen and oxygen atoms in total. The maximum atomic E-state index is 12.6. The highest BCUT2D eigenvalue weighted by atomic mass is 16.5. The number of amides is 1. The van der Waals surface area contributed by atoms with E-state index in [0.29, 0.717) is 24.5 Å². The summed E-state index contributed by atoms with van der Waals surface area (Å²) in [6, 6.07) is 5.99. The van der Waals surface area contributed by atoms with Crippen molar-refractivity contribution in [1.29, 1.82) is 0 Å². The standard InChI is InChI=1S/C16H21NO5/c1-11(16(19)20)17(13-6-7-13)15(18)12-4-3-5-14(10-12)22-9-8-21-2/h3-5,10-11,13H,6-9H2,1-2H3,(H,19,20). The van der Waals surface area contributed by atoms with Crippen molar-refractivity contribution in [2.24, 2.45) is 0 Å². The monoisotopic (exact) mass is 307 g/mol. The van der Waals surface area contributed by atoms with E-state index < -0.39 is 12.0 Å². The van der Waals surface area contributed by atoms with Crippen LogP contribution in [0.25, 0.3) is 0 Å². The van der Waals surface area contributed by atoms with Crippen molar-refractivity contribution in [1.82, 2.24) is 4.90 Å². The van der Waals surface area contributed by atoms with Crippen molar-refractivity contribution in [2.75, 3.05) is 20.3 Å². The summed E-state index contributed by atoms with van der Waals surface area (Å²) < 4.78 is 10.4. The lowest BCUT2D eigenvalue weighted by Crippen LogP contribution is -2.44. The summed E-state index contributed by atoms with van der Waals surface area (Å²) >= 11 is 0. The first-order valence-electron chi connectivity index (χ1n) is 7.32. The number of carboxylic acid groups (broad SMARTS) is 1. The van der Waals surface area contributed by atoms with E-state index >= 15 is 0 Å². The van der Waals surface area contributed by atoms with Gasteiger partial charge in [-0.1, -0.05) is 6.07 Å². The molecule has 0 saturated heterocycles. The molecule has 0 aromatic heterocycles. The van der Waals surface area contributed by atoms with Gasteiger partial charge in [0, 0.05) is 18.7 Å². The zero-order valence-electron chi connectivity index (χ0n) is 12.8. The first-order valence-corrected chi connectivity index (χ1v) is 7.32. The van der Waals surface area contributed by atoms with Gasteiger partial charge in [0.2, 0.25) is 0 Å². The number of ether oxygens (including phenoxy) is 2. The summed E-state index contributed by atoms with van der Waals surface area (Å²) in [5.41, 5.74) is 0.440. The van der Waals surface area contributed by atoms with Gasteiger partial charge >= 0.3 is 5.97 Å². The van der Waals surface area contributed by atoms with Crippen LogP contribution in [0.5, 0.6) is 5.75 Å². The number of methoxy groups -OCH3 is 1. The Morgan fingerprint density at radius 3 is 2.68 bits per heavy atom. The topological polar surface area (TPSA) is 76.1 Å². The van der Waals surface area contributed by atoms with Gasteiger partial charge in [-0.3, -0.25) is 4.79 Å². The van der Waals surface area contributed by atoms with Crippen LogP contribution in [-0.2, 0) is 9.53 Å². The molecule has 120 valence electrons. The van der Waals surface area contributed by atoms with Gasteiger partial charge in [-0.25, -0.2) is 4.79 Å². The minimum Gasteiger partial charge on any atom is -0.491 e. The molecule has 1 amide bonds. The molecule has 1 aliphatic carbocycles. The summed E-state index contributed by atoms with van der Waals surface area (Å²) in [7, 11) is 1.59. The fraction of sp³-hybridized carbons (Fsp3) is 0.500. The molecule has 1 saturated carbocycles. The number of carboxylic acids is 1. The van der Waals surface area contributed by atoms with Gasteiger partial charge in [0.15, 0.2) is 0 Å². The van der Waals surface area contributed by atoms with Gasteiger partial charge in [-0.15, -0.1) is 0 Å².